The molecule has 1 atom stereocenters. The number of carboxylic acids is 1. The molecule has 6 nitrogen and oxygen atoms in total. The van der Waals surface area contributed by atoms with E-state index in [1.165, 1.54) is 6.07 Å². The second kappa shape index (κ2) is 6.76. The van der Waals surface area contributed by atoms with Gasteiger partial charge in [0.05, 0.1) is 11.3 Å². The first kappa shape index (κ1) is 16.7. The second-order valence-electron chi connectivity index (χ2n) is 5.90. The Morgan fingerprint density at radius 2 is 1.96 bits per heavy atom. The van der Waals surface area contributed by atoms with E-state index in [2.05, 4.69) is 4.98 Å². The summed E-state index contributed by atoms with van der Waals surface area (Å²) in [5, 5.41) is 21.7. The molecule has 3 aromatic rings. The van der Waals surface area contributed by atoms with Crippen molar-refractivity contribution in [3.05, 3.63) is 75.5 Å². The van der Waals surface area contributed by atoms with Gasteiger partial charge in [0.2, 0.25) is 0 Å². The lowest BCUT2D eigenvalue weighted by molar-refractivity contribution is -0.385. The van der Waals surface area contributed by atoms with E-state index in [1.807, 2.05) is 25.1 Å². The third-order valence-electron chi connectivity index (χ3n) is 4.48. The van der Waals surface area contributed by atoms with Crippen molar-refractivity contribution < 1.29 is 14.8 Å². The number of aryl methyl sites for hydroxylation is 1. The van der Waals surface area contributed by atoms with Crippen molar-refractivity contribution in [1.29, 1.82) is 0 Å². The predicted octanol–water partition coefficient (Wildman–Crippen LogP) is 4.25. The lowest BCUT2D eigenvalue weighted by Gasteiger charge is -2.15. The molecule has 25 heavy (non-hydrogen) atoms. The second-order valence-corrected chi connectivity index (χ2v) is 5.90. The van der Waals surface area contributed by atoms with Crippen LogP contribution >= 0.6 is 0 Å². The zero-order valence-electron chi connectivity index (χ0n) is 13.7. The van der Waals surface area contributed by atoms with Crippen LogP contribution in [-0.4, -0.2) is 21.0 Å². The monoisotopic (exact) mass is 338 g/mol. The van der Waals surface area contributed by atoms with Crippen LogP contribution in [0.25, 0.3) is 10.9 Å². The third-order valence-corrected chi connectivity index (χ3v) is 4.48. The molecule has 0 bridgehead atoms. The van der Waals surface area contributed by atoms with Gasteiger partial charge in [-0.05, 0) is 17.5 Å². The first-order chi connectivity index (χ1) is 12.0. The van der Waals surface area contributed by atoms with Gasteiger partial charge < -0.3 is 10.1 Å². The van der Waals surface area contributed by atoms with Crippen LogP contribution in [0.4, 0.5) is 5.69 Å². The Morgan fingerprint density at radius 3 is 2.64 bits per heavy atom. The average Bonchev–Trinajstić information content (AvgIpc) is 3.03. The van der Waals surface area contributed by atoms with Gasteiger partial charge in [-0.3, -0.25) is 14.9 Å². The van der Waals surface area contributed by atoms with E-state index in [0.717, 1.165) is 28.5 Å². The van der Waals surface area contributed by atoms with E-state index in [1.54, 1.807) is 24.4 Å². The molecule has 0 aliphatic carbocycles. The molecule has 128 valence electrons. The minimum absolute atomic E-state index is 0.0604. The first-order valence-electron chi connectivity index (χ1n) is 8.07. The number of rotatable bonds is 6. The van der Waals surface area contributed by atoms with Crippen molar-refractivity contribution in [3.8, 4) is 0 Å². The molecular formula is C19H18N2O4. The van der Waals surface area contributed by atoms with Gasteiger partial charge in [-0.2, -0.15) is 0 Å². The summed E-state index contributed by atoms with van der Waals surface area (Å²) in [6, 6.07) is 12.2. The summed E-state index contributed by atoms with van der Waals surface area (Å²) in [4.78, 5) is 25.6. The quantitative estimate of drug-likeness (QED) is 0.519. The number of hydrogen-bond acceptors (Lipinski definition) is 3. The van der Waals surface area contributed by atoms with Crippen LogP contribution in [-0.2, 0) is 11.2 Å². The number of para-hydroxylation sites is 2. The minimum Gasteiger partial charge on any atom is -0.481 e. The number of aliphatic carboxylic acids is 1. The van der Waals surface area contributed by atoms with Crippen LogP contribution in [0, 0.1) is 10.1 Å². The van der Waals surface area contributed by atoms with Gasteiger partial charge in [0, 0.05) is 34.6 Å². The minimum atomic E-state index is -0.996. The molecule has 0 unspecified atom stereocenters. The molecule has 2 aromatic carbocycles. The lowest BCUT2D eigenvalue weighted by atomic mass is 9.87. The molecule has 0 saturated heterocycles. The van der Waals surface area contributed by atoms with E-state index < -0.39 is 16.8 Å². The smallest absolute Gasteiger partial charge is 0.304 e. The number of nitro benzene ring substituents is 1. The first-order valence-corrected chi connectivity index (χ1v) is 8.07. The predicted molar refractivity (Wildman–Crippen MR) is 94.9 cm³/mol. The number of hydrogen-bond donors (Lipinski definition) is 2. The summed E-state index contributed by atoms with van der Waals surface area (Å²) in [7, 11) is 0. The molecular weight excluding hydrogens is 320 g/mol. The number of nitrogens with zero attached hydrogens (tertiary/aromatic N) is 1. The Hall–Kier alpha value is -3.15. The molecule has 0 aliphatic rings. The fourth-order valence-corrected chi connectivity index (χ4v) is 3.33. The van der Waals surface area contributed by atoms with E-state index in [0.29, 0.717) is 5.56 Å². The number of benzene rings is 2. The molecule has 0 radical (unpaired) electrons. The number of carboxylic acid groups (broad SMARTS) is 1. The van der Waals surface area contributed by atoms with E-state index in [-0.39, 0.29) is 12.1 Å². The molecule has 2 N–H and O–H groups in total. The number of carbonyl (C=O) groups is 1. The number of aromatic nitrogens is 1. The van der Waals surface area contributed by atoms with Gasteiger partial charge in [0.25, 0.3) is 5.69 Å². The highest BCUT2D eigenvalue weighted by Gasteiger charge is 2.27. The molecule has 1 aromatic heterocycles. The number of H-pyrrole nitrogens is 1. The maximum absolute atomic E-state index is 11.4. The van der Waals surface area contributed by atoms with Crippen molar-refractivity contribution >= 4 is 22.6 Å². The van der Waals surface area contributed by atoms with Crippen LogP contribution in [0.1, 0.15) is 36.0 Å². The number of nitrogens with one attached hydrogen (secondary N) is 1. The van der Waals surface area contributed by atoms with E-state index in [4.69, 9.17) is 0 Å². The number of fused-ring (bicyclic) bond motifs is 1. The Kier molecular flexibility index (Phi) is 4.52. The Bertz CT molecular complexity index is 946. The third kappa shape index (κ3) is 3.10. The standard InChI is InChI=1S/C19H18N2O4/c1-2-12-6-5-8-14-16(11-20-19(12)14)15(10-18(22)23)13-7-3-4-9-17(13)21(24)25/h3-9,11,15,20H,2,10H2,1H3,(H,22,23)/t15-/m1/s1. The molecule has 0 aliphatic heterocycles. The van der Waals surface area contributed by atoms with E-state index >= 15 is 0 Å². The molecule has 0 spiro atoms. The lowest BCUT2D eigenvalue weighted by Crippen LogP contribution is -2.09. The highest BCUT2D eigenvalue weighted by atomic mass is 16.6. The Morgan fingerprint density at radius 1 is 1.20 bits per heavy atom. The van der Waals surface area contributed by atoms with Crippen LogP contribution < -0.4 is 0 Å². The fraction of sp³-hybridized carbons (Fsp3) is 0.211. The largest absolute Gasteiger partial charge is 0.481 e. The van der Waals surface area contributed by atoms with Gasteiger partial charge in [0.1, 0.15) is 0 Å². The van der Waals surface area contributed by atoms with Gasteiger partial charge in [-0.1, -0.05) is 43.3 Å². The summed E-state index contributed by atoms with van der Waals surface area (Å²) in [6.45, 7) is 2.05. The van der Waals surface area contributed by atoms with Crippen molar-refractivity contribution in [1.82, 2.24) is 4.98 Å². The summed E-state index contributed by atoms with van der Waals surface area (Å²) < 4.78 is 0. The van der Waals surface area contributed by atoms with Gasteiger partial charge >= 0.3 is 5.97 Å². The fourth-order valence-electron chi connectivity index (χ4n) is 3.33. The number of aromatic amines is 1. The molecule has 0 saturated carbocycles. The van der Waals surface area contributed by atoms with Crippen LogP contribution in [0.3, 0.4) is 0 Å². The maximum Gasteiger partial charge on any atom is 0.304 e. The molecule has 3 rings (SSSR count). The van der Waals surface area contributed by atoms with Crippen LogP contribution in [0.2, 0.25) is 0 Å². The SMILES string of the molecule is CCc1cccc2c([C@H](CC(=O)O)c3ccccc3[N+](=O)[O-])c[nH]c12. The zero-order chi connectivity index (χ0) is 18.0. The van der Waals surface area contributed by atoms with Crippen LogP contribution in [0.5, 0.6) is 0 Å². The van der Waals surface area contributed by atoms with Crippen molar-refractivity contribution in [2.45, 2.75) is 25.7 Å². The van der Waals surface area contributed by atoms with Crippen LogP contribution in [0.15, 0.2) is 48.7 Å². The van der Waals surface area contributed by atoms with E-state index in [9.17, 15) is 20.0 Å². The van der Waals surface area contributed by atoms with Gasteiger partial charge in [-0.15, -0.1) is 0 Å². The Labute approximate surface area is 144 Å². The highest BCUT2D eigenvalue weighted by Crippen LogP contribution is 2.38. The summed E-state index contributed by atoms with van der Waals surface area (Å²) in [5.41, 5.74) is 3.20. The molecule has 1 heterocycles. The normalized spacial score (nSPS) is 12.2. The topological polar surface area (TPSA) is 96.2 Å². The van der Waals surface area contributed by atoms with Gasteiger partial charge in [-0.25, -0.2) is 0 Å². The van der Waals surface area contributed by atoms with Crippen molar-refractivity contribution in [3.63, 3.8) is 0 Å². The van der Waals surface area contributed by atoms with Crippen molar-refractivity contribution in [2.24, 2.45) is 0 Å². The summed E-state index contributed by atoms with van der Waals surface area (Å²) in [5.74, 6) is -1.59. The number of nitro groups is 1. The molecule has 6 heteroatoms. The summed E-state index contributed by atoms with van der Waals surface area (Å²) in [6.07, 6.45) is 2.40. The maximum atomic E-state index is 11.4. The molecule has 0 amide bonds. The van der Waals surface area contributed by atoms with Gasteiger partial charge in [0.15, 0.2) is 0 Å². The highest BCUT2D eigenvalue weighted by molar-refractivity contribution is 5.88. The Balaban J connectivity index is 2.22. The molecule has 0 fully saturated rings. The summed E-state index contributed by atoms with van der Waals surface area (Å²) >= 11 is 0. The average molecular weight is 338 g/mol. The van der Waals surface area contributed by atoms with Crippen molar-refractivity contribution in [2.75, 3.05) is 0 Å². The zero-order valence-corrected chi connectivity index (χ0v) is 13.7.